The van der Waals surface area contributed by atoms with E-state index in [2.05, 4.69) is 15.3 Å². The monoisotopic (exact) mass is 212 g/mol. The molecule has 0 aromatic carbocycles. The summed E-state index contributed by atoms with van der Waals surface area (Å²) in [5.41, 5.74) is 0.146. The van der Waals surface area contributed by atoms with Gasteiger partial charge < -0.3 is 10.4 Å². The number of halogens is 1. The van der Waals surface area contributed by atoms with Crippen LogP contribution in [0.1, 0.15) is 5.56 Å². The lowest BCUT2D eigenvalue weighted by molar-refractivity contribution is -0.134. The molecule has 1 heterocycles. The van der Waals surface area contributed by atoms with E-state index >= 15 is 0 Å². The standard InChI is InChI=1S/C7H5ClN4O2/c8-6-4(1-9)2-10-7(12-6)11-3-5(13)14/h2H,3H2,(H,13,14)(H,10,11,12). The van der Waals surface area contributed by atoms with Crippen molar-refractivity contribution in [2.24, 2.45) is 0 Å². The molecule has 0 fully saturated rings. The first-order valence-corrected chi connectivity index (χ1v) is 3.89. The summed E-state index contributed by atoms with van der Waals surface area (Å²) in [6.07, 6.45) is 1.22. The second-order valence-electron chi connectivity index (χ2n) is 2.26. The third kappa shape index (κ3) is 2.57. The summed E-state index contributed by atoms with van der Waals surface area (Å²) in [5.74, 6) is -0.953. The first-order valence-electron chi connectivity index (χ1n) is 3.52. The molecule has 0 aliphatic heterocycles. The van der Waals surface area contributed by atoms with Crippen LogP contribution in [-0.4, -0.2) is 27.6 Å². The first-order chi connectivity index (χ1) is 6.63. The number of carboxylic acid groups (broad SMARTS) is 1. The third-order valence-electron chi connectivity index (χ3n) is 1.26. The lowest BCUT2D eigenvalue weighted by atomic mass is 10.4. The number of nitrogens with one attached hydrogen (secondary N) is 1. The van der Waals surface area contributed by atoms with E-state index in [9.17, 15) is 4.79 Å². The quantitative estimate of drug-likeness (QED) is 0.708. The predicted molar refractivity (Wildman–Crippen MR) is 47.9 cm³/mol. The van der Waals surface area contributed by atoms with Gasteiger partial charge in [0.05, 0.1) is 6.20 Å². The molecule has 0 unspecified atom stereocenters. The van der Waals surface area contributed by atoms with Crippen molar-refractivity contribution < 1.29 is 9.90 Å². The van der Waals surface area contributed by atoms with Gasteiger partial charge in [-0.25, -0.2) is 4.98 Å². The summed E-state index contributed by atoms with van der Waals surface area (Å²) < 4.78 is 0. The van der Waals surface area contributed by atoms with Crippen LogP contribution >= 0.6 is 11.6 Å². The molecular weight excluding hydrogens is 208 g/mol. The lowest BCUT2D eigenvalue weighted by Crippen LogP contribution is -2.14. The number of aliphatic carboxylic acids is 1. The molecule has 0 amide bonds. The molecule has 6 nitrogen and oxygen atoms in total. The minimum Gasteiger partial charge on any atom is -0.480 e. The lowest BCUT2D eigenvalue weighted by Gasteiger charge is -2.01. The van der Waals surface area contributed by atoms with Gasteiger partial charge in [-0.1, -0.05) is 11.6 Å². The van der Waals surface area contributed by atoms with E-state index < -0.39 is 5.97 Å². The fourth-order valence-corrected chi connectivity index (χ4v) is 0.847. The van der Waals surface area contributed by atoms with Gasteiger partial charge in [0.25, 0.3) is 0 Å². The summed E-state index contributed by atoms with van der Waals surface area (Å²) in [6.45, 7) is -0.303. The summed E-state index contributed by atoms with van der Waals surface area (Å²) in [5, 5.41) is 19.3. The molecule has 72 valence electrons. The molecule has 1 rings (SSSR count). The van der Waals surface area contributed by atoms with Crippen LogP contribution in [0.4, 0.5) is 5.95 Å². The van der Waals surface area contributed by atoms with Gasteiger partial charge in [-0.15, -0.1) is 0 Å². The Balaban J connectivity index is 2.77. The zero-order chi connectivity index (χ0) is 10.6. The van der Waals surface area contributed by atoms with Crippen molar-refractivity contribution >= 4 is 23.5 Å². The molecule has 0 bridgehead atoms. The highest BCUT2D eigenvalue weighted by molar-refractivity contribution is 6.30. The minimum absolute atomic E-state index is 0.00427. The van der Waals surface area contributed by atoms with Crippen LogP contribution in [0.15, 0.2) is 6.20 Å². The molecule has 1 aromatic rings. The van der Waals surface area contributed by atoms with Crippen molar-refractivity contribution in [2.75, 3.05) is 11.9 Å². The van der Waals surface area contributed by atoms with Gasteiger partial charge in [0.2, 0.25) is 5.95 Å². The van der Waals surface area contributed by atoms with E-state index in [4.69, 9.17) is 22.0 Å². The Kier molecular flexibility index (Phi) is 3.20. The summed E-state index contributed by atoms with van der Waals surface area (Å²) in [6, 6.07) is 1.79. The average molecular weight is 213 g/mol. The molecule has 2 N–H and O–H groups in total. The normalized spacial score (nSPS) is 9.14. The Morgan fingerprint density at radius 1 is 1.79 bits per heavy atom. The Labute approximate surface area is 84.2 Å². The number of anilines is 1. The summed E-state index contributed by atoms with van der Waals surface area (Å²) in [7, 11) is 0. The van der Waals surface area contributed by atoms with Crippen LogP contribution in [-0.2, 0) is 4.79 Å². The number of hydrogen-bond donors (Lipinski definition) is 2. The first kappa shape index (κ1) is 10.2. The van der Waals surface area contributed by atoms with Gasteiger partial charge in [0, 0.05) is 0 Å². The number of aromatic nitrogens is 2. The van der Waals surface area contributed by atoms with Crippen LogP contribution in [0.3, 0.4) is 0 Å². The topological polar surface area (TPSA) is 98.9 Å². The molecule has 14 heavy (non-hydrogen) atoms. The van der Waals surface area contributed by atoms with Crippen LogP contribution in [0, 0.1) is 11.3 Å². The fourth-order valence-electron chi connectivity index (χ4n) is 0.676. The number of hydrogen-bond acceptors (Lipinski definition) is 5. The van der Waals surface area contributed by atoms with Crippen molar-refractivity contribution in [3.8, 4) is 6.07 Å². The maximum absolute atomic E-state index is 10.2. The van der Waals surface area contributed by atoms with Gasteiger partial charge >= 0.3 is 5.97 Å². The van der Waals surface area contributed by atoms with Gasteiger partial charge in [0.15, 0.2) is 5.15 Å². The maximum atomic E-state index is 10.2. The van der Waals surface area contributed by atoms with Gasteiger partial charge in [-0.05, 0) is 0 Å². The van der Waals surface area contributed by atoms with Crippen LogP contribution in [0.25, 0.3) is 0 Å². The average Bonchev–Trinajstić information content (AvgIpc) is 2.15. The molecular formula is C7H5ClN4O2. The van der Waals surface area contributed by atoms with E-state index in [1.165, 1.54) is 6.20 Å². The zero-order valence-corrected chi connectivity index (χ0v) is 7.62. The molecule has 0 aliphatic carbocycles. The van der Waals surface area contributed by atoms with E-state index in [-0.39, 0.29) is 23.2 Å². The molecule has 0 saturated carbocycles. The highest BCUT2D eigenvalue weighted by Gasteiger charge is 2.04. The summed E-state index contributed by atoms with van der Waals surface area (Å²) in [4.78, 5) is 17.5. The Morgan fingerprint density at radius 3 is 3.00 bits per heavy atom. The van der Waals surface area contributed by atoms with E-state index in [0.29, 0.717) is 0 Å². The van der Waals surface area contributed by atoms with Crippen molar-refractivity contribution in [3.63, 3.8) is 0 Å². The van der Waals surface area contributed by atoms with Crippen LogP contribution in [0.2, 0.25) is 5.15 Å². The van der Waals surface area contributed by atoms with Crippen LogP contribution in [0.5, 0.6) is 0 Å². The highest BCUT2D eigenvalue weighted by Crippen LogP contribution is 2.12. The molecule has 1 aromatic heterocycles. The second kappa shape index (κ2) is 4.39. The third-order valence-corrected chi connectivity index (χ3v) is 1.55. The van der Waals surface area contributed by atoms with Crippen molar-refractivity contribution in [1.29, 1.82) is 5.26 Å². The number of nitriles is 1. The molecule has 7 heteroatoms. The van der Waals surface area contributed by atoms with E-state index in [1.807, 2.05) is 0 Å². The van der Waals surface area contributed by atoms with Crippen molar-refractivity contribution in [3.05, 3.63) is 16.9 Å². The number of rotatable bonds is 3. The maximum Gasteiger partial charge on any atom is 0.322 e. The Morgan fingerprint density at radius 2 is 2.50 bits per heavy atom. The summed E-state index contributed by atoms with van der Waals surface area (Å²) >= 11 is 5.58. The number of carboxylic acids is 1. The second-order valence-corrected chi connectivity index (χ2v) is 2.62. The molecule has 0 radical (unpaired) electrons. The molecule has 0 saturated heterocycles. The zero-order valence-electron chi connectivity index (χ0n) is 6.86. The smallest absolute Gasteiger partial charge is 0.322 e. The van der Waals surface area contributed by atoms with Crippen LogP contribution < -0.4 is 5.32 Å². The minimum atomic E-state index is -1.03. The molecule has 0 atom stereocenters. The predicted octanol–water partition coefficient (Wildman–Crippen LogP) is 0.498. The van der Waals surface area contributed by atoms with Crippen molar-refractivity contribution in [2.45, 2.75) is 0 Å². The number of nitrogens with zero attached hydrogens (tertiary/aromatic N) is 3. The van der Waals surface area contributed by atoms with E-state index in [0.717, 1.165) is 0 Å². The van der Waals surface area contributed by atoms with E-state index in [1.54, 1.807) is 6.07 Å². The SMILES string of the molecule is N#Cc1cnc(NCC(=O)O)nc1Cl. The Hall–Kier alpha value is -1.87. The van der Waals surface area contributed by atoms with Gasteiger partial charge in [0.1, 0.15) is 18.2 Å². The largest absolute Gasteiger partial charge is 0.480 e. The van der Waals surface area contributed by atoms with Gasteiger partial charge in [-0.3, -0.25) is 4.79 Å². The highest BCUT2D eigenvalue weighted by atomic mass is 35.5. The molecule has 0 aliphatic rings. The fraction of sp³-hybridized carbons (Fsp3) is 0.143. The Bertz CT molecular complexity index is 401. The number of carbonyl (C=O) groups is 1. The van der Waals surface area contributed by atoms with Crippen molar-refractivity contribution in [1.82, 2.24) is 9.97 Å². The molecule has 0 spiro atoms. The van der Waals surface area contributed by atoms with Gasteiger partial charge in [-0.2, -0.15) is 10.2 Å².